The molecule has 0 amide bonds. The van der Waals surface area contributed by atoms with Gasteiger partial charge in [0.1, 0.15) is 5.82 Å². The standard InChI is InChI=1S/C9H12BrFN2O/c1-5(4-14)13-9-2-6(10)7(11)3-8(9)12/h2-3,5,13-14H,4,12H2,1H3. The minimum atomic E-state index is -0.398. The van der Waals surface area contributed by atoms with Crippen LogP contribution in [-0.4, -0.2) is 17.8 Å². The van der Waals surface area contributed by atoms with Crippen LogP contribution in [0.25, 0.3) is 0 Å². The van der Waals surface area contributed by atoms with Crippen molar-refractivity contribution in [2.45, 2.75) is 13.0 Å². The number of aliphatic hydroxyl groups is 1. The second-order valence-corrected chi connectivity index (χ2v) is 3.94. The van der Waals surface area contributed by atoms with Gasteiger partial charge in [-0.3, -0.25) is 0 Å². The van der Waals surface area contributed by atoms with E-state index in [4.69, 9.17) is 10.8 Å². The van der Waals surface area contributed by atoms with Gasteiger partial charge < -0.3 is 16.2 Å². The van der Waals surface area contributed by atoms with E-state index < -0.39 is 5.82 Å². The van der Waals surface area contributed by atoms with Crippen molar-refractivity contribution in [1.29, 1.82) is 0 Å². The smallest absolute Gasteiger partial charge is 0.139 e. The highest BCUT2D eigenvalue weighted by Gasteiger charge is 2.07. The summed E-state index contributed by atoms with van der Waals surface area (Å²) >= 11 is 3.06. The van der Waals surface area contributed by atoms with Crippen LogP contribution in [0.1, 0.15) is 6.92 Å². The molecule has 3 nitrogen and oxygen atoms in total. The van der Waals surface area contributed by atoms with Crippen LogP contribution in [0.2, 0.25) is 0 Å². The van der Waals surface area contributed by atoms with E-state index in [1.54, 1.807) is 13.0 Å². The molecule has 0 aromatic heterocycles. The molecule has 1 aromatic carbocycles. The van der Waals surface area contributed by atoms with E-state index in [2.05, 4.69) is 21.2 Å². The molecule has 0 saturated carbocycles. The summed E-state index contributed by atoms with van der Waals surface area (Å²) in [5.41, 5.74) is 6.52. The maximum absolute atomic E-state index is 13.0. The van der Waals surface area contributed by atoms with Crippen molar-refractivity contribution < 1.29 is 9.50 Å². The van der Waals surface area contributed by atoms with Crippen LogP contribution in [0.5, 0.6) is 0 Å². The Morgan fingerprint density at radius 2 is 2.29 bits per heavy atom. The van der Waals surface area contributed by atoms with Crippen molar-refractivity contribution in [2.75, 3.05) is 17.7 Å². The van der Waals surface area contributed by atoms with Gasteiger partial charge >= 0.3 is 0 Å². The molecular weight excluding hydrogens is 251 g/mol. The Kier molecular flexibility index (Phi) is 3.71. The fourth-order valence-corrected chi connectivity index (χ4v) is 1.34. The molecule has 0 saturated heterocycles. The molecule has 1 aromatic rings. The monoisotopic (exact) mass is 262 g/mol. The zero-order valence-electron chi connectivity index (χ0n) is 7.72. The highest BCUT2D eigenvalue weighted by molar-refractivity contribution is 9.10. The van der Waals surface area contributed by atoms with Gasteiger partial charge in [-0.25, -0.2) is 4.39 Å². The third-order valence-corrected chi connectivity index (χ3v) is 2.38. The van der Waals surface area contributed by atoms with Crippen molar-refractivity contribution in [1.82, 2.24) is 0 Å². The van der Waals surface area contributed by atoms with Crippen LogP contribution >= 0.6 is 15.9 Å². The number of anilines is 2. The minimum Gasteiger partial charge on any atom is -0.397 e. The number of nitrogens with two attached hydrogens (primary N) is 1. The molecule has 14 heavy (non-hydrogen) atoms. The van der Waals surface area contributed by atoms with E-state index in [1.807, 2.05) is 0 Å². The Balaban J connectivity index is 2.92. The number of aliphatic hydroxyl groups excluding tert-OH is 1. The predicted octanol–water partition coefficient (Wildman–Crippen LogP) is 1.96. The van der Waals surface area contributed by atoms with E-state index in [0.717, 1.165) is 0 Å². The molecule has 1 atom stereocenters. The van der Waals surface area contributed by atoms with Crippen molar-refractivity contribution >= 4 is 27.3 Å². The number of nitrogens with one attached hydrogen (secondary N) is 1. The first kappa shape index (κ1) is 11.3. The van der Waals surface area contributed by atoms with E-state index in [0.29, 0.717) is 15.8 Å². The number of benzene rings is 1. The summed E-state index contributed by atoms with van der Waals surface area (Å²) in [6.45, 7) is 1.80. The summed E-state index contributed by atoms with van der Waals surface area (Å²) in [7, 11) is 0. The van der Waals surface area contributed by atoms with Crippen molar-refractivity contribution in [3.05, 3.63) is 22.4 Å². The average molecular weight is 263 g/mol. The van der Waals surface area contributed by atoms with E-state index in [1.165, 1.54) is 6.07 Å². The van der Waals surface area contributed by atoms with Crippen molar-refractivity contribution in [3.63, 3.8) is 0 Å². The first-order valence-corrected chi connectivity index (χ1v) is 4.95. The zero-order valence-corrected chi connectivity index (χ0v) is 9.31. The molecule has 4 N–H and O–H groups in total. The van der Waals surface area contributed by atoms with E-state index in [9.17, 15) is 4.39 Å². The summed E-state index contributed by atoms with van der Waals surface area (Å²) < 4.78 is 13.3. The molecule has 0 aliphatic heterocycles. The lowest BCUT2D eigenvalue weighted by molar-refractivity contribution is 0.281. The first-order chi connectivity index (χ1) is 6.54. The van der Waals surface area contributed by atoms with Gasteiger partial charge in [0.25, 0.3) is 0 Å². The normalized spacial score (nSPS) is 12.6. The second-order valence-electron chi connectivity index (χ2n) is 3.08. The number of hydrogen-bond acceptors (Lipinski definition) is 3. The molecule has 1 rings (SSSR count). The van der Waals surface area contributed by atoms with Gasteiger partial charge in [-0.15, -0.1) is 0 Å². The maximum Gasteiger partial charge on any atom is 0.139 e. The zero-order chi connectivity index (χ0) is 10.7. The third kappa shape index (κ3) is 2.59. The Morgan fingerprint density at radius 3 is 2.86 bits per heavy atom. The third-order valence-electron chi connectivity index (χ3n) is 1.77. The molecule has 78 valence electrons. The molecule has 0 fully saturated rings. The van der Waals surface area contributed by atoms with Crippen LogP contribution in [-0.2, 0) is 0 Å². The van der Waals surface area contributed by atoms with Gasteiger partial charge in [0.2, 0.25) is 0 Å². The highest BCUT2D eigenvalue weighted by atomic mass is 79.9. The van der Waals surface area contributed by atoms with Crippen molar-refractivity contribution in [2.24, 2.45) is 0 Å². The summed E-state index contributed by atoms with van der Waals surface area (Å²) in [5.74, 6) is -0.398. The lowest BCUT2D eigenvalue weighted by Crippen LogP contribution is -2.20. The van der Waals surface area contributed by atoms with Gasteiger partial charge in [-0.05, 0) is 28.9 Å². The number of nitrogen functional groups attached to an aromatic ring is 1. The Hall–Kier alpha value is -0.810. The van der Waals surface area contributed by atoms with Gasteiger partial charge in [-0.1, -0.05) is 0 Å². The largest absolute Gasteiger partial charge is 0.397 e. The topological polar surface area (TPSA) is 58.3 Å². The molecule has 0 aliphatic rings. The van der Waals surface area contributed by atoms with Crippen LogP contribution in [0.3, 0.4) is 0 Å². The molecule has 0 heterocycles. The Labute approximate surface area is 90.2 Å². The van der Waals surface area contributed by atoms with Crippen LogP contribution in [0.4, 0.5) is 15.8 Å². The predicted molar refractivity (Wildman–Crippen MR) is 58.7 cm³/mol. The summed E-state index contributed by atoms with van der Waals surface area (Å²) in [6.07, 6.45) is 0. The maximum atomic E-state index is 13.0. The summed E-state index contributed by atoms with van der Waals surface area (Å²) in [4.78, 5) is 0. The number of rotatable bonds is 3. The molecule has 0 spiro atoms. The number of hydrogen-bond donors (Lipinski definition) is 3. The van der Waals surface area contributed by atoms with Gasteiger partial charge in [0.05, 0.1) is 22.5 Å². The SMILES string of the molecule is CC(CO)Nc1cc(Br)c(F)cc1N. The molecule has 0 bridgehead atoms. The lowest BCUT2D eigenvalue weighted by Gasteiger charge is -2.14. The first-order valence-electron chi connectivity index (χ1n) is 4.16. The molecule has 0 aliphatic carbocycles. The van der Waals surface area contributed by atoms with Crippen LogP contribution < -0.4 is 11.1 Å². The summed E-state index contributed by atoms with van der Waals surface area (Å²) in [5, 5.41) is 11.8. The Bertz CT molecular complexity index is 333. The van der Waals surface area contributed by atoms with Crippen LogP contribution in [0, 0.1) is 5.82 Å². The van der Waals surface area contributed by atoms with E-state index in [-0.39, 0.29) is 12.6 Å². The lowest BCUT2D eigenvalue weighted by atomic mass is 10.2. The highest BCUT2D eigenvalue weighted by Crippen LogP contribution is 2.26. The second kappa shape index (κ2) is 4.61. The quantitative estimate of drug-likeness (QED) is 0.730. The molecule has 0 radical (unpaired) electrons. The Morgan fingerprint density at radius 1 is 1.64 bits per heavy atom. The fourth-order valence-electron chi connectivity index (χ4n) is 0.998. The summed E-state index contributed by atoms with van der Waals surface area (Å²) in [6, 6.07) is 2.67. The van der Waals surface area contributed by atoms with Gasteiger partial charge in [0, 0.05) is 12.1 Å². The molecule has 1 unspecified atom stereocenters. The van der Waals surface area contributed by atoms with Crippen molar-refractivity contribution in [3.8, 4) is 0 Å². The van der Waals surface area contributed by atoms with Gasteiger partial charge in [0.15, 0.2) is 0 Å². The molecular formula is C9H12BrFN2O. The van der Waals surface area contributed by atoms with Crippen LogP contribution in [0.15, 0.2) is 16.6 Å². The molecule has 5 heteroatoms. The number of halogens is 2. The minimum absolute atomic E-state index is 0.00552. The van der Waals surface area contributed by atoms with E-state index >= 15 is 0 Å². The van der Waals surface area contributed by atoms with Gasteiger partial charge in [-0.2, -0.15) is 0 Å². The fraction of sp³-hybridized carbons (Fsp3) is 0.333. The average Bonchev–Trinajstić information content (AvgIpc) is 2.14.